The Kier molecular flexibility index (Phi) is 4.15. The van der Waals surface area contributed by atoms with Crippen molar-refractivity contribution < 1.29 is 22.4 Å². The van der Waals surface area contributed by atoms with Crippen molar-refractivity contribution in [2.45, 2.75) is 25.6 Å². The molecule has 0 radical (unpaired) electrons. The maximum atomic E-state index is 13.3. The summed E-state index contributed by atoms with van der Waals surface area (Å²) < 4.78 is 49.5. The molecule has 0 aliphatic heterocycles. The minimum Gasteiger partial charge on any atom is -0.399 e. The number of rotatable bonds is 3. The molecule has 1 aromatic carbocycles. The van der Waals surface area contributed by atoms with E-state index in [4.69, 9.17) is 5.73 Å². The molecule has 1 rings (SSSR count). The molecule has 0 saturated heterocycles. The number of carbonyl (C=O) groups is 1. The molecule has 18 heavy (non-hydrogen) atoms. The van der Waals surface area contributed by atoms with E-state index in [0.717, 1.165) is 12.1 Å². The number of amides is 1. The number of carbonyl (C=O) groups excluding carboxylic acids is 1. The molecule has 0 aromatic heterocycles. The van der Waals surface area contributed by atoms with Crippen molar-refractivity contribution in [3.8, 4) is 0 Å². The summed E-state index contributed by atoms with van der Waals surface area (Å²) in [6.07, 6.45) is -5.55. The quantitative estimate of drug-likeness (QED) is 0.651. The van der Waals surface area contributed by atoms with E-state index < -0.39 is 30.4 Å². The minimum atomic E-state index is -4.38. The highest BCUT2D eigenvalue weighted by Crippen LogP contribution is 2.21. The van der Waals surface area contributed by atoms with Crippen LogP contribution in [0.15, 0.2) is 18.2 Å². The van der Waals surface area contributed by atoms with Gasteiger partial charge in [0.1, 0.15) is 5.82 Å². The van der Waals surface area contributed by atoms with Crippen molar-refractivity contribution in [3.05, 3.63) is 29.6 Å². The van der Waals surface area contributed by atoms with Crippen molar-refractivity contribution >= 4 is 11.6 Å². The number of halogens is 4. The Balaban J connectivity index is 2.71. The van der Waals surface area contributed by atoms with Gasteiger partial charge in [0.25, 0.3) is 5.91 Å². The number of alkyl halides is 3. The highest BCUT2D eigenvalue weighted by molar-refractivity contribution is 5.94. The van der Waals surface area contributed by atoms with Gasteiger partial charge in [-0.2, -0.15) is 13.2 Å². The van der Waals surface area contributed by atoms with E-state index in [1.165, 1.54) is 13.0 Å². The molecule has 7 heteroatoms. The van der Waals surface area contributed by atoms with Crippen molar-refractivity contribution in [1.82, 2.24) is 5.32 Å². The summed E-state index contributed by atoms with van der Waals surface area (Å²) in [5, 5.41) is 2.07. The van der Waals surface area contributed by atoms with Gasteiger partial charge in [-0.25, -0.2) is 4.39 Å². The van der Waals surface area contributed by atoms with Crippen LogP contribution in [0.3, 0.4) is 0 Å². The highest BCUT2D eigenvalue weighted by Gasteiger charge is 2.30. The molecule has 1 unspecified atom stereocenters. The van der Waals surface area contributed by atoms with Crippen molar-refractivity contribution in [3.63, 3.8) is 0 Å². The van der Waals surface area contributed by atoms with Crippen LogP contribution in [0.1, 0.15) is 23.7 Å². The van der Waals surface area contributed by atoms with Gasteiger partial charge >= 0.3 is 6.18 Å². The van der Waals surface area contributed by atoms with Crippen LogP contribution in [0.4, 0.5) is 23.2 Å². The van der Waals surface area contributed by atoms with Gasteiger partial charge in [0.05, 0.1) is 12.0 Å². The van der Waals surface area contributed by atoms with Gasteiger partial charge in [-0.3, -0.25) is 4.79 Å². The van der Waals surface area contributed by atoms with Gasteiger partial charge in [0.2, 0.25) is 0 Å². The number of hydrogen-bond acceptors (Lipinski definition) is 2. The molecule has 3 nitrogen and oxygen atoms in total. The molecule has 1 amide bonds. The number of nitrogen functional groups attached to an aromatic ring is 1. The lowest BCUT2D eigenvalue weighted by atomic mass is 10.1. The summed E-state index contributed by atoms with van der Waals surface area (Å²) in [6.45, 7) is 1.20. The molecule has 0 saturated carbocycles. The van der Waals surface area contributed by atoms with E-state index in [9.17, 15) is 22.4 Å². The Morgan fingerprint density at radius 1 is 1.44 bits per heavy atom. The molecule has 1 aromatic rings. The molecule has 100 valence electrons. The molecule has 0 fully saturated rings. The summed E-state index contributed by atoms with van der Waals surface area (Å²) >= 11 is 0. The van der Waals surface area contributed by atoms with Gasteiger partial charge < -0.3 is 11.1 Å². The Morgan fingerprint density at radius 3 is 2.56 bits per heavy atom. The highest BCUT2D eigenvalue weighted by atomic mass is 19.4. The van der Waals surface area contributed by atoms with Crippen LogP contribution in [-0.2, 0) is 0 Å². The van der Waals surface area contributed by atoms with E-state index in [2.05, 4.69) is 5.32 Å². The fourth-order valence-electron chi connectivity index (χ4n) is 1.42. The third-order valence-electron chi connectivity index (χ3n) is 2.15. The lowest BCUT2D eigenvalue weighted by Gasteiger charge is -2.16. The van der Waals surface area contributed by atoms with Crippen LogP contribution < -0.4 is 11.1 Å². The summed E-state index contributed by atoms with van der Waals surface area (Å²) in [5.74, 6) is -1.77. The first-order valence-corrected chi connectivity index (χ1v) is 5.11. The molecule has 0 bridgehead atoms. The van der Waals surface area contributed by atoms with Gasteiger partial charge in [-0.15, -0.1) is 0 Å². The zero-order valence-corrected chi connectivity index (χ0v) is 9.51. The van der Waals surface area contributed by atoms with Crippen LogP contribution in [0.2, 0.25) is 0 Å². The first-order valence-electron chi connectivity index (χ1n) is 5.11. The van der Waals surface area contributed by atoms with Crippen LogP contribution in [-0.4, -0.2) is 18.1 Å². The van der Waals surface area contributed by atoms with Crippen LogP contribution in [0, 0.1) is 5.82 Å². The lowest BCUT2D eigenvalue weighted by molar-refractivity contribution is -0.138. The van der Waals surface area contributed by atoms with Gasteiger partial charge in [-0.05, 0) is 25.1 Å². The van der Waals surface area contributed by atoms with Crippen molar-refractivity contribution in [1.29, 1.82) is 0 Å². The van der Waals surface area contributed by atoms with Crippen LogP contribution >= 0.6 is 0 Å². The normalized spacial score (nSPS) is 13.2. The topological polar surface area (TPSA) is 55.1 Å². The zero-order chi connectivity index (χ0) is 13.9. The second kappa shape index (κ2) is 5.24. The predicted molar refractivity (Wildman–Crippen MR) is 58.4 cm³/mol. The maximum Gasteiger partial charge on any atom is 0.391 e. The van der Waals surface area contributed by atoms with Gasteiger partial charge in [-0.1, -0.05) is 0 Å². The van der Waals surface area contributed by atoms with E-state index >= 15 is 0 Å². The van der Waals surface area contributed by atoms with Crippen LogP contribution in [0.5, 0.6) is 0 Å². The minimum absolute atomic E-state index is 0.132. The molecule has 0 aliphatic carbocycles. The second-order valence-corrected chi connectivity index (χ2v) is 3.93. The smallest absolute Gasteiger partial charge is 0.391 e. The third kappa shape index (κ3) is 4.23. The summed E-state index contributed by atoms with van der Waals surface area (Å²) in [6, 6.07) is 2.23. The zero-order valence-electron chi connectivity index (χ0n) is 9.51. The standard InChI is InChI=1S/C11H12F4N2O/c1-6(5-11(13,14)15)17-10(18)8-3-2-7(16)4-9(8)12/h2-4,6H,5,16H2,1H3,(H,17,18). The van der Waals surface area contributed by atoms with E-state index in [1.54, 1.807) is 0 Å². The second-order valence-electron chi connectivity index (χ2n) is 3.93. The monoisotopic (exact) mass is 264 g/mol. The lowest BCUT2D eigenvalue weighted by Crippen LogP contribution is -2.36. The number of hydrogen-bond donors (Lipinski definition) is 2. The van der Waals surface area contributed by atoms with E-state index in [0.29, 0.717) is 0 Å². The Bertz CT molecular complexity index is 445. The first kappa shape index (κ1) is 14.3. The molecule has 3 N–H and O–H groups in total. The van der Waals surface area contributed by atoms with Gasteiger partial charge in [0, 0.05) is 11.7 Å². The summed E-state index contributed by atoms with van der Waals surface area (Å²) in [5.41, 5.74) is 5.09. The molecular formula is C11H12F4N2O. The Hall–Kier alpha value is -1.79. The van der Waals surface area contributed by atoms with Gasteiger partial charge in [0.15, 0.2) is 0 Å². The summed E-state index contributed by atoms with van der Waals surface area (Å²) in [4.78, 5) is 11.5. The summed E-state index contributed by atoms with van der Waals surface area (Å²) in [7, 11) is 0. The predicted octanol–water partition coefficient (Wildman–Crippen LogP) is 2.48. The molecule has 0 heterocycles. The number of benzene rings is 1. The largest absolute Gasteiger partial charge is 0.399 e. The Labute approximate surface area is 101 Å². The molecule has 1 atom stereocenters. The van der Waals surface area contributed by atoms with E-state index in [1.807, 2.05) is 0 Å². The molecule has 0 spiro atoms. The fraction of sp³-hybridized carbons (Fsp3) is 0.364. The average molecular weight is 264 g/mol. The van der Waals surface area contributed by atoms with E-state index in [-0.39, 0.29) is 11.3 Å². The maximum absolute atomic E-state index is 13.3. The number of anilines is 1. The van der Waals surface area contributed by atoms with Crippen molar-refractivity contribution in [2.75, 3.05) is 5.73 Å². The number of nitrogens with one attached hydrogen (secondary N) is 1. The molecule has 0 aliphatic rings. The fourth-order valence-corrected chi connectivity index (χ4v) is 1.42. The first-order chi connectivity index (χ1) is 8.19. The third-order valence-corrected chi connectivity index (χ3v) is 2.15. The SMILES string of the molecule is CC(CC(F)(F)F)NC(=O)c1ccc(N)cc1F. The average Bonchev–Trinajstić information content (AvgIpc) is 2.13. The van der Waals surface area contributed by atoms with Crippen LogP contribution in [0.25, 0.3) is 0 Å². The van der Waals surface area contributed by atoms with Crippen molar-refractivity contribution in [2.24, 2.45) is 0 Å². The number of nitrogens with two attached hydrogens (primary N) is 1. The Morgan fingerprint density at radius 2 is 2.06 bits per heavy atom. The molecular weight excluding hydrogens is 252 g/mol.